The molecule has 0 aliphatic rings. The van der Waals surface area contributed by atoms with Gasteiger partial charge in [-0.1, -0.05) is 83.8 Å². The molecule has 3 rings (SSSR count). The van der Waals surface area contributed by atoms with Crippen LogP contribution in [0.15, 0.2) is 75.6 Å². The Labute approximate surface area is 154 Å². The summed E-state index contributed by atoms with van der Waals surface area (Å²) in [7, 11) is 0. The SMILES string of the molecule is C[C@H](Sc1nncs1)C(=O)NN=C(c1ccccc1)c1ccccc1. The maximum Gasteiger partial charge on any atom is 0.253 e. The van der Waals surface area contributed by atoms with Crippen molar-refractivity contribution < 1.29 is 4.79 Å². The van der Waals surface area contributed by atoms with Crippen LogP contribution in [0.5, 0.6) is 0 Å². The summed E-state index contributed by atoms with van der Waals surface area (Å²) in [6, 6.07) is 19.6. The molecule has 1 heterocycles. The van der Waals surface area contributed by atoms with Gasteiger partial charge >= 0.3 is 0 Å². The highest BCUT2D eigenvalue weighted by Crippen LogP contribution is 2.24. The molecule has 1 atom stereocenters. The first-order valence-electron chi connectivity index (χ1n) is 7.65. The zero-order valence-corrected chi connectivity index (χ0v) is 15.1. The highest BCUT2D eigenvalue weighted by molar-refractivity contribution is 8.02. The molecule has 1 N–H and O–H groups in total. The second kappa shape index (κ2) is 8.55. The Morgan fingerprint density at radius 2 is 1.68 bits per heavy atom. The van der Waals surface area contributed by atoms with Crippen molar-refractivity contribution in [1.82, 2.24) is 15.6 Å². The van der Waals surface area contributed by atoms with Crippen molar-refractivity contribution in [1.29, 1.82) is 0 Å². The summed E-state index contributed by atoms with van der Waals surface area (Å²) in [5.74, 6) is -0.176. The molecule has 0 fully saturated rings. The average molecular weight is 368 g/mol. The second-order valence-corrected chi connectivity index (χ2v) is 7.55. The van der Waals surface area contributed by atoms with E-state index in [-0.39, 0.29) is 11.2 Å². The minimum atomic E-state index is -0.315. The molecular formula is C18H16N4OS2. The lowest BCUT2D eigenvalue weighted by Gasteiger charge is -2.10. The second-order valence-electron chi connectivity index (χ2n) is 5.13. The lowest BCUT2D eigenvalue weighted by atomic mass is 10.0. The molecule has 126 valence electrons. The molecule has 0 aliphatic heterocycles. The van der Waals surface area contributed by atoms with Crippen LogP contribution in [-0.4, -0.2) is 27.1 Å². The van der Waals surface area contributed by atoms with Crippen LogP contribution in [0.2, 0.25) is 0 Å². The van der Waals surface area contributed by atoms with Gasteiger partial charge in [0.1, 0.15) is 5.51 Å². The highest BCUT2D eigenvalue weighted by atomic mass is 32.2. The van der Waals surface area contributed by atoms with Gasteiger partial charge in [-0.25, -0.2) is 5.43 Å². The van der Waals surface area contributed by atoms with E-state index in [9.17, 15) is 4.79 Å². The van der Waals surface area contributed by atoms with Crippen LogP contribution in [0.4, 0.5) is 0 Å². The number of hydrazone groups is 1. The molecule has 0 saturated heterocycles. The molecule has 2 aromatic carbocycles. The Morgan fingerprint density at radius 3 is 2.20 bits per heavy atom. The van der Waals surface area contributed by atoms with Crippen LogP contribution in [0, 0.1) is 0 Å². The first-order chi connectivity index (χ1) is 12.2. The van der Waals surface area contributed by atoms with Gasteiger partial charge in [0.25, 0.3) is 5.91 Å². The first-order valence-corrected chi connectivity index (χ1v) is 9.41. The standard InChI is InChI=1S/C18H16N4OS2/c1-13(25-18-22-19-12-24-18)17(23)21-20-16(14-8-4-2-5-9-14)15-10-6-3-7-11-15/h2-13H,1H3,(H,21,23)/t13-/m0/s1. The van der Waals surface area contributed by atoms with Crippen LogP contribution in [0.1, 0.15) is 18.1 Å². The number of aromatic nitrogens is 2. The van der Waals surface area contributed by atoms with E-state index in [0.29, 0.717) is 0 Å². The molecule has 3 aromatic rings. The van der Waals surface area contributed by atoms with Crippen LogP contribution < -0.4 is 5.43 Å². The number of benzene rings is 2. The minimum absolute atomic E-state index is 0.176. The maximum absolute atomic E-state index is 12.4. The Kier molecular flexibility index (Phi) is 5.92. The number of amides is 1. The third-order valence-corrected chi connectivity index (χ3v) is 5.27. The highest BCUT2D eigenvalue weighted by Gasteiger charge is 2.16. The lowest BCUT2D eigenvalue weighted by molar-refractivity contribution is -0.120. The summed E-state index contributed by atoms with van der Waals surface area (Å²) < 4.78 is 0.762. The number of nitrogens with zero attached hydrogens (tertiary/aromatic N) is 3. The van der Waals surface area contributed by atoms with Gasteiger partial charge in [-0.2, -0.15) is 5.10 Å². The van der Waals surface area contributed by atoms with Crippen LogP contribution in [0.3, 0.4) is 0 Å². The minimum Gasteiger partial charge on any atom is -0.272 e. The number of hydrogen-bond donors (Lipinski definition) is 1. The third-order valence-electron chi connectivity index (χ3n) is 3.36. The fourth-order valence-corrected chi connectivity index (χ4v) is 3.73. The van der Waals surface area contributed by atoms with Gasteiger partial charge in [0.2, 0.25) is 0 Å². The van der Waals surface area contributed by atoms with E-state index in [2.05, 4.69) is 20.7 Å². The molecule has 0 aliphatic carbocycles. The van der Waals surface area contributed by atoms with Gasteiger partial charge in [-0.15, -0.1) is 10.2 Å². The molecule has 25 heavy (non-hydrogen) atoms. The number of hydrogen-bond acceptors (Lipinski definition) is 6. The van der Waals surface area contributed by atoms with E-state index in [0.717, 1.165) is 21.2 Å². The molecule has 0 radical (unpaired) electrons. The predicted molar refractivity (Wildman–Crippen MR) is 102 cm³/mol. The molecule has 0 spiro atoms. The molecular weight excluding hydrogens is 352 g/mol. The summed E-state index contributed by atoms with van der Waals surface area (Å²) in [5, 5.41) is 11.8. The van der Waals surface area contributed by atoms with Crippen LogP contribution in [0.25, 0.3) is 0 Å². The van der Waals surface area contributed by atoms with Crippen molar-refractivity contribution in [2.24, 2.45) is 5.10 Å². The Hall–Kier alpha value is -2.51. The summed E-state index contributed by atoms with van der Waals surface area (Å²) in [4.78, 5) is 12.4. The summed E-state index contributed by atoms with van der Waals surface area (Å²) in [6.07, 6.45) is 0. The normalized spacial score (nSPS) is 11.6. The van der Waals surface area contributed by atoms with E-state index >= 15 is 0 Å². The van der Waals surface area contributed by atoms with Gasteiger partial charge in [0.15, 0.2) is 4.34 Å². The smallest absolute Gasteiger partial charge is 0.253 e. The first kappa shape index (κ1) is 17.3. The molecule has 1 aromatic heterocycles. The Bertz CT molecular complexity index is 795. The monoisotopic (exact) mass is 368 g/mol. The summed E-state index contributed by atoms with van der Waals surface area (Å²) >= 11 is 2.78. The zero-order chi connectivity index (χ0) is 17.5. The van der Waals surface area contributed by atoms with Crippen LogP contribution in [-0.2, 0) is 4.79 Å². The largest absolute Gasteiger partial charge is 0.272 e. The third kappa shape index (κ3) is 4.74. The van der Waals surface area contributed by atoms with E-state index < -0.39 is 0 Å². The van der Waals surface area contributed by atoms with Crippen molar-refractivity contribution in [2.75, 3.05) is 0 Å². The molecule has 0 saturated carbocycles. The van der Waals surface area contributed by atoms with Crippen molar-refractivity contribution in [3.8, 4) is 0 Å². The molecule has 0 bridgehead atoms. The number of thioether (sulfide) groups is 1. The quantitative estimate of drug-likeness (QED) is 0.410. The number of carbonyl (C=O) groups is 1. The fourth-order valence-electron chi connectivity index (χ4n) is 2.11. The topological polar surface area (TPSA) is 67.2 Å². The van der Waals surface area contributed by atoms with Crippen molar-refractivity contribution in [3.63, 3.8) is 0 Å². The van der Waals surface area contributed by atoms with E-state index in [4.69, 9.17) is 0 Å². The molecule has 5 nitrogen and oxygen atoms in total. The molecule has 0 unspecified atom stereocenters. The van der Waals surface area contributed by atoms with E-state index in [1.165, 1.54) is 23.1 Å². The summed E-state index contributed by atoms with van der Waals surface area (Å²) in [6.45, 7) is 1.82. The van der Waals surface area contributed by atoms with Crippen molar-refractivity contribution >= 4 is 34.7 Å². The van der Waals surface area contributed by atoms with Gasteiger partial charge in [-0.3, -0.25) is 4.79 Å². The van der Waals surface area contributed by atoms with E-state index in [1.54, 1.807) is 5.51 Å². The van der Waals surface area contributed by atoms with Gasteiger partial charge in [0, 0.05) is 11.1 Å². The number of carbonyl (C=O) groups excluding carboxylic acids is 1. The average Bonchev–Trinajstić information content (AvgIpc) is 3.16. The summed E-state index contributed by atoms with van der Waals surface area (Å²) in [5.41, 5.74) is 6.93. The fraction of sp³-hybridized carbons (Fsp3) is 0.111. The zero-order valence-electron chi connectivity index (χ0n) is 13.5. The van der Waals surface area contributed by atoms with Gasteiger partial charge in [0.05, 0.1) is 11.0 Å². The van der Waals surface area contributed by atoms with Crippen molar-refractivity contribution in [3.05, 3.63) is 77.3 Å². The number of nitrogens with one attached hydrogen (secondary N) is 1. The van der Waals surface area contributed by atoms with Crippen LogP contribution >= 0.6 is 23.1 Å². The molecule has 1 amide bonds. The predicted octanol–water partition coefficient (Wildman–Crippen LogP) is 3.59. The maximum atomic E-state index is 12.4. The van der Waals surface area contributed by atoms with Crippen molar-refractivity contribution in [2.45, 2.75) is 16.5 Å². The number of rotatable bonds is 6. The lowest BCUT2D eigenvalue weighted by Crippen LogP contribution is -2.28. The Balaban J connectivity index is 1.78. The van der Waals surface area contributed by atoms with Gasteiger partial charge < -0.3 is 0 Å². The Morgan fingerprint density at radius 1 is 1.08 bits per heavy atom. The van der Waals surface area contributed by atoms with E-state index in [1.807, 2.05) is 67.6 Å². The molecule has 7 heteroatoms. The van der Waals surface area contributed by atoms with Gasteiger partial charge in [-0.05, 0) is 6.92 Å².